The fourth-order valence-electron chi connectivity index (χ4n) is 3.16. The highest BCUT2D eigenvalue weighted by Crippen LogP contribution is 2.33. The zero-order valence-electron chi connectivity index (χ0n) is 12.2. The van der Waals surface area contributed by atoms with Crippen molar-refractivity contribution in [1.29, 1.82) is 0 Å². The van der Waals surface area contributed by atoms with Crippen molar-refractivity contribution in [2.45, 2.75) is 25.4 Å². The molecule has 0 radical (unpaired) electrons. The molecule has 1 aliphatic rings. The number of aromatic hydroxyl groups is 1. The van der Waals surface area contributed by atoms with E-state index in [1.165, 1.54) is 6.42 Å². The number of likely N-dealkylation sites (tertiary alicyclic amines) is 1. The topological polar surface area (TPSA) is 49.5 Å². The molecule has 0 aliphatic carbocycles. The van der Waals surface area contributed by atoms with Crippen molar-refractivity contribution < 1.29 is 5.11 Å². The van der Waals surface area contributed by atoms with Gasteiger partial charge in [0.1, 0.15) is 5.75 Å². The smallest absolute Gasteiger partial charge is 0.127 e. The summed E-state index contributed by atoms with van der Waals surface area (Å²) in [6, 6.07) is 16.5. The Kier molecular flexibility index (Phi) is 4.23. The lowest BCUT2D eigenvalue weighted by Crippen LogP contribution is -2.34. The van der Waals surface area contributed by atoms with Crippen LogP contribution in [0, 0.1) is 0 Å². The Labute approximate surface area is 126 Å². The van der Waals surface area contributed by atoms with Crippen molar-refractivity contribution in [1.82, 2.24) is 4.90 Å². The highest BCUT2D eigenvalue weighted by molar-refractivity contribution is 5.71. The minimum absolute atomic E-state index is 0.395. The lowest BCUT2D eigenvalue weighted by molar-refractivity contribution is 0.247. The lowest BCUT2D eigenvalue weighted by atomic mass is 10.0. The Balaban J connectivity index is 1.87. The second-order valence-electron chi connectivity index (χ2n) is 5.68. The summed E-state index contributed by atoms with van der Waals surface area (Å²) >= 11 is 0. The van der Waals surface area contributed by atoms with Crippen LogP contribution < -0.4 is 5.73 Å². The van der Waals surface area contributed by atoms with Gasteiger partial charge in [0, 0.05) is 30.3 Å². The summed E-state index contributed by atoms with van der Waals surface area (Å²) in [4.78, 5) is 2.38. The van der Waals surface area contributed by atoms with Crippen molar-refractivity contribution >= 4 is 0 Å². The zero-order chi connectivity index (χ0) is 14.7. The summed E-state index contributed by atoms with van der Waals surface area (Å²) in [5.74, 6) is 0.395. The maximum atomic E-state index is 10.6. The third-order valence-corrected chi connectivity index (χ3v) is 4.35. The van der Waals surface area contributed by atoms with Crippen molar-refractivity contribution in [2.75, 3.05) is 13.1 Å². The van der Waals surface area contributed by atoms with Crippen LogP contribution in [0.25, 0.3) is 11.1 Å². The number of para-hydroxylation sites is 1. The van der Waals surface area contributed by atoms with E-state index >= 15 is 0 Å². The van der Waals surface area contributed by atoms with E-state index in [4.69, 9.17) is 5.73 Å². The molecule has 1 fully saturated rings. The fourth-order valence-corrected chi connectivity index (χ4v) is 3.16. The van der Waals surface area contributed by atoms with Gasteiger partial charge < -0.3 is 10.8 Å². The Bertz CT molecular complexity index is 597. The van der Waals surface area contributed by atoms with E-state index in [1.807, 2.05) is 48.5 Å². The van der Waals surface area contributed by atoms with Crippen LogP contribution >= 0.6 is 0 Å². The summed E-state index contributed by atoms with van der Waals surface area (Å²) < 4.78 is 0. The minimum Gasteiger partial charge on any atom is -0.507 e. The van der Waals surface area contributed by atoms with E-state index < -0.39 is 0 Å². The van der Waals surface area contributed by atoms with Gasteiger partial charge in [-0.05, 0) is 24.9 Å². The number of hydrogen-bond donors (Lipinski definition) is 2. The van der Waals surface area contributed by atoms with Crippen molar-refractivity contribution in [3.63, 3.8) is 0 Å². The van der Waals surface area contributed by atoms with Crippen molar-refractivity contribution in [3.8, 4) is 16.9 Å². The Morgan fingerprint density at radius 1 is 1.10 bits per heavy atom. The van der Waals surface area contributed by atoms with Gasteiger partial charge in [0.15, 0.2) is 0 Å². The molecule has 0 spiro atoms. The molecule has 2 aromatic rings. The lowest BCUT2D eigenvalue weighted by Gasteiger charge is -2.24. The summed E-state index contributed by atoms with van der Waals surface area (Å²) in [6.45, 7) is 2.53. The summed E-state index contributed by atoms with van der Waals surface area (Å²) in [6.07, 6.45) is 2.36. The molecule has 3 N–H and O–H groups in total. The first kappa shape index (κ1) is 14.1. The maximum absolute atomic E-state index is 10.6. The minimum atomic E-state index is 0.395. The monoisotopic (exact) mass is 282 g/mol. The van der Waals surface area contributed by atoms with E-state index in [2.05, 4.69) is 4.90 Å². The molecule has 110 valence electrons. The van der Waals surface area contributed by atoms with Gasteiger partial charge in [-0.25, -0.2) is 0 Å². The molecule has 2 aromatic carbocycles. The van der Waals surface area contributed by atoms with Gasteiger partial charge in [-0.2, -0.15) is 0 Å². The number of nitrogens with two attached hydrogens (primary N) is 1. The largest absolute Gasteiger partial charge is 0.507 e. The van der Waals surface area contributed by atoms with Gasteiger partial charge in [0.2, 0.25) is 0 Å². The highest BCUT2D eigenvalue weighted by atomic mass is 16.3. The molecule has 3 rings (SSSR count). The van der Waals surface area contributed by atoms with Crippen LogP contribution in [-0.2, 0) is 6.54 Å². The number of nitrogens with zero attached hydrogens (tertiary/aromatic N) is 1. The first-order valence-corrected chi connectivity index (χ1v) is 7.60. The van der Waals surface area contributed by atoms with Crippen molar-refractivity contribution in [3.05, 3.63) is 54.1 Å². The molecule has 0 aromatic heterocycles. The summed E-state index contributed by atoms with van der Waals surface area (Å²) in [5.41, 5.74) is 8.77. The van der Waals surface area contributed by atoms with Crippen LogP contribution in [0.1, 0.15) is 18.4 Å². The average Bonchev–Trinajstić information content (AvgIpc) is 2.97. The molecule has 0 amide bonds. The first-order chi connectivity index (χ1) is 10.3. The van der Waals surface area contributed by atoms with Gasteiger partial charge in [0.25, 0.3) is 0 Å². The van der Waals surface area contributed by atoms with Crippen molar-refractivity contribution in [2.24, 2.45) is 5.73 Å². The molecule has 3 heteroatoms. The van der Waals surface area contributed by atoms with Gasteiger partial charge in [0.05, 0.1) is 0 Å². The number of phenolic OH excluding ortho intramolecular Hbond substituents is 1. The van der Waals surface area contributed by atoms with Crippen LogP contribution in [0.2, 0.25) is 0 Å². The predicted octanol–water partition coefficient (Wildman–Crippen LogP) is 2.98. The molecule has 0 bridgehead atoms. The zero-order valence-corrected chi connectivity index (χ0v) is 12.2. The Morgan fingerprint density at radius 3 is 2.67 bits per heavy atom. The highest BCUT2D eigenvalue weighted by Gasteiger charge is 2.24. The van der Waals surface area contributed by atoms with Gasteiger partial charge >= 0.3 is 0 Å². The standard InChI is InChI=1S/C18H22N2O/c19-12-16-9-5-11-20(16)13-15-8-4-10-17(18(15)21)14-6-2-1-3-7-14/h1-4,6-8,10,16,21H,5,9,11-13,19H2. The normalized spacial score (nSPS) is 19.0. The summed E-state index contributed by atoms with van der Waals surface area (Å²) in [5, 5.41) is 10.6. The average molecular weight is 282 g/mol. The Morgan fingerprint density at radius 2 is 1.90 bits per heavy atom. The van der Waals surface area contributed by atoms with Gasteiger partial charge in [-0.15, -0.1) is 0 Å². The van der Waals surface area contributed by atoms with Crippen LogP contribution in [0.4, 0.5) is 0 Å². The molecule has 1 unspecified atom stereocenters. The van der Waals surface area contributed by atoms with E-state index in [9.17, 15) is 5.11 Å². The molecule has 1 atom stereocenters. The number of benzene rings is 2. The third-order valence-electron chi connectivity index (χ3n) is 4.35. The van der Waals surface area contributed by atoms with Crippen LogP contribution in [0.5, 0.6) is 5.75 Å². The van der Waals surface area contributed by atoms with Gasteiger partial charge in [-0.1, -0.05) is 48.5 Å². The SMILES string of the molecule is NCC1CCCN1Cc1cccc(-c2ccccc2)c1O. The second kappa shape index (κ2) is 6.29. The van der Waals surface area contributed by atoms with Crippen LogP contribution in [-0.4, -0.2) is 29.1 Å². The first-order valence-electron chi connectivity index (χ1n) is 7.60. The predicted molar refractivity (Wildman–Crippen MR) is 86.0 cm³/mol. The number of hydrogen-bond acceptors (Lipinski definition) is 3. The van der Waals surface area contributed by atoms with Gasteiger partial charge in [-0.3, -0.25) is 4.90 Å². The molecular formula is C18H22N2O. The summed E-state index contributed by atoms with van der Waals surface area (Å²) in [7, 11) is 0. The Hall–Kier alpha value is -1.84. The molecule has 1 aliphatic heterocycles. The molecule has 0 saturated carbocycles. The quantitative estimate of drug-likeness (QED) is 0.906. The van der Waals surface area contributed by atoms with E-state index in [1.54, 1.807) is 0 Å². The van der Waals surface area contributed by atoms with E-state index in [0.717, 1.165) is 36.2 Å². The van der Waals surface area contributed by atoms with E-state index in [-0.39, 0.29) is 0 Å². The third kappa shape index (κ3) is 2.94. The maximum Gasteiger partial charge on any atom is 0.127 e. The fraction of sp³-hybridized carbons (Fsp3) is 0.333. The molecule has 21 heavy (non-hydrogen) atoms. The molecular weight excluding hydrogens is 260 g/mol. The van der Waals surface area contributed by atoms with E-state index in [0.29, 0.717) is 18.3 Å². The second-order valence-corrected chi connectivity index (χ2v) is 5.68. The van der Waals surface area contributed by atoms with Crippen LogP contribution in [0.3, 0.4) is 0 Å². The molecule has 3 nitrogen and oxygen atoms in total. The molecule has 1 saturated heterocycles. The number of rotatable bonds is 4. The van der Waals surface area contributed by atoms with Crippen LogP contribution in [0.15, 0.2) is 48.5 Å². The number of phenols is 1. The molecule has 1 heterocycles.